The van der Waals surface area contributed by atoms with E-state index >= 15 is 0 Å². The molecule has 0 unspecified atom stereocenters. The highest BCUT2D eigenvalue weighted by atomic mass is 19.4. The van der Waals surface area contributed by atoms with Gasteiger partial charge in [-0.2, -0.15) is 13.2 Å². The van der Waals surface area contributed by atoms with Crippen molar-refractivity contribution in [2.24, 2.45) is 0 Å². The number of pyridine rings is 1. The molecule has 2 aromatic carbocycles. The molecule has 4 nitrogen and oxygen atoms in total. The average Bonchev–Trinajstić information content (AvgIpc) is 2.85. The van der Waals surface area contributed by atoms with Crippen LogP contribution in [0.25, 0.3) is 0 Å². The van der Waals surface area contributed by atoms with Crippen LogP contribution < -0.4 is 10.6 Å². The maximum atomic E-state index is 13.9. The maximum absolute atomic E-state index is 13.9. The number of rotatable bonds is 9. The Balaban J connectivity index is 1.84. The highest BCUT2D eigenvalue weighted by molar-refractivity contribution is 5.82. The summed E-state index contributed by atoms with van der Waals surface area (Å²) in [7, 11) is 1.56. The molecule has 0 aliphatic heterocycles. The molecule has 3 aromatic rings. The largest absolute Gasteiger partial charge is 0.433 e. The summed E-state index contributed by atoms with van der Waals surface area (Å²) in [4.78, 5) is 16.2. The first-order chi connectivity index (χ1) is 16.6. The van der Waals surface area contributed by atoms with Gasteiger partial charge in [-0.15, -0.1) is 0 Å². The van der Waals surface area contributed by atoms with Crippen LogP contribution in [-0.4, -0.2) is 24.5 Å². The molecule has 0 aliphatic rings. The molecule has 186 valence electrons. The first-order valence-corrected chi connectivity index (χ1v) is 11.5. The van der Waals surface area contributed by atoms with E-state index < -0.39 is 17.9 Å². The van der Waals surface area contributed by atoms with Crippen LogP contribution in [0.5, 0.6) is 0 Å². The van der Waals surface area contributed by atoms with E-state index in [0.29, 0.717) is 24.1 Å². The fourth-order valence-electron chi connectivity index (χ4n) is 4.01. The highest BCUT2D eigenvalue weighted by Crippen LogP contribution is 2.32. The van der Waals surface area contributed by atoms with Gasteiger partial charge < -0.3 is 10.6 Å². The summed E-state index contributed by atoms with van der Waals surface area (Å²) in [5, 5.41) is 5.94. The SMILES string of the molecule is CCc1ccc([C@H](NCC[C@@H](c2ccc(C(F)(F)F)nc2)c2ccc(F)c(C)c2)C(=O)NC)cc1. The number of hydrogen-bond donors (Lipinski definition) is 2. The van der Waals surface area contributed by atoms with E-state index in [2.05, 4.69) is 22.5 Å². The highest BCUT2D eigenvalue weighted by Gasteiger charge is 2.32. The molecule has 2 atom stereocenters. The summed E-state index contributed by atoms with van der Waals surface area (Å²) in [5.41, 5.74) is 2.78. The molecule has 2 N–H and O–H groups in total. The number of carbonyl (C=O) groups excluding carboxylic acids is 1. The number of carbonyl (C=O) groups is 1. The Hall–Kier alpha value is -3.26. The molecule has 1 heterocycles. The molecule has 1 aromatic heterocycles. The van der Waals surface area contributed by atoms with Gasteiger partial charge in [0.1, 0.15) is 17.6 Å². The Morgan fingerprint density at radius 1 is 1.00 bits per heavy atom. The summed E-state index contributed by atoms with van der Waals surface area (Å²) in [5.74, 6) is -0.893. The van der Waals surface area contributed by atoms with Gasteiger partial charge in [-0.3, -0.25) is 9.78 Å². The van der Waals surface area contributed by atoms with Crippen molar-refractivity contribution in [3.8, 4) is 0 Å². The zero-order valence-corrected chi connectivity index (χ0v) is 19.9. The van der Waals surface area contributed by atoms with E-state index in [9.17, 15) is 22.4 Å². The fraction of sp³-hybridized carbons (Fsp3) is 0.333. The molecule has 0 fully saturated rings. The van der Waals surface area contributed by atoms with Crippen LogP contribution in [0.15, 0.2) is 60.8 Å². The molecule has 35 heavy (non-hydrogen) atoms. The van der Waals surface area contributed by atoms with Crippen LogP contribution >= 0.6 is 0 Å². The fourth-order valence-corrected chi connectivity index (χ4v) is 4.01. The lowest BCUT2D eigenvalue weighted by molar-refractivity contribution is -0.141. The summed E-state index contributed by atoms with van der Waals surface area (Å²) >= 11 is 0. The maximum Gasteiger partial charge on any atom is 0.433 e. The normalized spacial score (nSPS) is 13.3. The lowest BCUT2D eigenvalue weighted by Crippen LogP contribution is -2.36. The number of likely N-dealkylation sites (N-methyl/N-ethyl adjacent to an activating group) is 1. The van der Waals surface area contributed by atoms with E-state index in [1.807, 2.05) is 24.3 Å². The minimum Gasteiger partial charge on any atom is -0.358 e. The van der Waals surface area contributed by atoms with Gasteiger partial charge in [0.25, 0.3) is 0 Å². The molecular weight excluding hydrogens is 458 g/mol. The van der Waals surface area contributed by atoms with Crippen LogP contribution in [-0.2, 0) is 17.4 Å². The van der Waals surface area contributed by atoms with Gasteiger partial charge in [0, 0.05) is 19.2 Å². The van der Waals surface area contributed by atoms with Crippen molar-refractivity contribution >= 4 is 5.91 Å². The van der Waals surface area contributed by atoms with Crippen LogP contribution in [0.3, 0.4) is 0 Å². The Morgan fingerprint density at radius 3 is 2.20 bits per heavy atom. The van der Waals surface area contributed by atoms with Gasteiger partial charge >= 0.3 is 6.18 Å². The Labute approximate surface area is 202 Å². The number of halogens is 4. The molecule has 0 saturated carbocycles. The lowest BCUT2D eigenvalue weighted by atomic mass is 9.88. The standard InChI is InChI=1S/C27H29F4N3O/c1-4-18-5-7-19(8-6-18)25(26(35)32-3)33-14-13-22(20-9-11-23(28)17(2)15-20)21-10-12-24(34-16-21)27(29,30)31/h5-12,15-16,22,25,33H,4,13-14H2,1-3H3,(H,32,35)/t22-,25+/m1/s1. The van der Waals surface area contributed by atoms with Crippen molar-refractivity contribution in [1.82, 2.24) is 15.6 Å². The number of amides is 1. The van der Waals surface area contributed by atoms with Crippen molar-refractivity contribution in [1.29, 1.82) is 0 Å². The third-order valence-corrected chi connectivity index (χ3v) is 6.07. The third kappa shape index (κ3) is 6.66. The van der Waals surface area contributed by atoms with Crippen molar-refractivity contribution in [2.75, 3.05) is 13.6 Å². The number of nitrogens with zero attached hydrogens (tertiary/aromatic N) is 1. The summed E-state index contributed by atoms with van der Waals surface area (Å²) in [6.45, 7) is 4.08. The molecule has 0 spiro atoms. The monoisotopic (exact) mass is 487 g/mol. The van der Waals surface area contributed by atoms with Crippen LogP contribution in [0, 0.1) is 12.7 Å². The second-order valence-corrected chi connectivity index (χ2v) is 8.42. The van der Waals surface area contributed by atoms with Crippen LogP contribution in [0.2, 0.25) is 0 Å². The second kappa shape index (κ2) is 11.4. The van der Waals surface area contributed by atoms with Crippen LogP contribution in [0.1, 0.15) is 58.8 Å². The van der Waals surface area contributed by atoms with Gasteiger partial charge in [0.2, 0.25) is 5.91 Å². The first-order valence-electron chi connectivity index (χ1n) is 11.5. The molecule has 0 radical (unpaired) electrons. The molecule has 3 rings (SSSR count). The van der Waals surface area contributed by atoms with Crippen molar-refractivity contribution in [3.63, 3.8) is 0 Å². The lowest BCUT2D eigenvalue weighted by Gasteiger charge is -2.22. The summed E-state index contributed by atoms with van der Waals surface area (Å²) < 4.78 is 52.9. The molecule has 0 aliphatic carbocycles. The quantitative estimate of drug-likeness (QED) is 0.380. The number of aromatic nitrogens is 1. The van der Waals surface area contributed by atoms with Crippen LogP contribution in [0.4, 0.5) is 17.6 Å². The number of aryl methyl sites for hydroxylation is 2. The Morgan fingerprint density at radius 2 is 1.66 bits per heavy atom. The number of nitrogens with one attached hydrogen (secondary N) is 2. The predicted octanol–water partition coefficient (Wildman–Crippen LogP) is 5.71. The zero-order chi connectivity index (χ0) is 25.6. The van der Waals surface area contributed by atoms with Crippen molar-refractivity contribution in [3.05, 3.63) is 100 Å². The van der Waals surface area contributed by atoms with Crippen molar-refractivity contribution < 1.29 is 22.4 Å². The summed E-state index contributed by atoms with van der Waals surface area (Å²) in [6, 6.07) is 14.2. The minimum absolute atomic E-state index is 0.195. The molecule has 0 bridgehead atoms. The van der Waals surface area contributed by atoms with E-state index in [1.165, 1.54) is 18.3 Å². The van der Waals surface area contributed by atoms with Gasteiger partial charge in [0.05, 0.1) is 0 Å². The van der Waals surface area contributed by atoms with E-state index in [0.717, 1.165) is 29.2 Å². The predicted molar refractivity (Wildman–Crippen MR) is 127 cm³/mol. The van der Waals surface area contributed by atoms with Gasteiger partial charge in [-0.1, -0.05) is 49.4 Å². The topological polar surface area (TPSA) is 54.0 Å². The van der Waals surface area contributed by atoms with Crippen molar-refractivity contribution in [2.45, 2.75) is 44.8 Å². The van der Waals surface area contributed by atoms with Gasteiger partial charge in [-0.25, -0.2) is 4.39 Å². The summed E-state index contributed by atoms with van der Waals surface area (Å²) in [6.07, 6.45) is -1.97. The third-order valence-electron chi connectivity index (χ3n) is 6.07. The Kier molecular flexibility index (Phi) is 8.62. The zero-order valence-electron chi connectivity index (χ0n) is 19.9. The van der Waals surface area contributed by atoms with E-state index in [4.69, 9.17) is 0 Å². The van der Waals surface area contributed by atoms with E-state index in [-0.39, 0.29) is 17.6 Å². The minimum atomic E-state index is -4.53. The Bertz CT molecular complexity index is 1130. The average molecular weight is 488 g/mol. The molecule has 0 saturated heterocycles. The molecular formula is C27H29F4N3O. The molecule has 8 heteroatoms. The number of benzene rings is 2. The van der Waals surface area contributed by atoms with Gasteiger partial charge in [0.15, 0.2) is 0 Å². The smallest absolute Gasteiger partial charge is 0.358 e. The first kappa shape index (κ1) is 26.3. The number of hydrogen-bond acceptors (Lipinski definition) is 3. The second-order valence-electron chi connectivity index (χ2n) is 8.42. The molecule has 1 amide bonds. The van der Waals surface area contributed by atoms with E-state index in [1.54, 1.807) is 26.1 Å². The van der Waals surface area contributed by atoms with Gasteiger partial charge in [-0.05, 0) is 66.3 Å². The number of alkyl halides is 3.